The minimum atomic E-state index is -0.621. The van der Waals surface area contributed by atoms with Crippen LogP contribution in [-0.4, -0.2) is 11.9 Å². The minimum Gasteiger partial charge on any atom is -0.382 e. The van der Waals surface area contributed by atoms with Gasteiger partial charge in [0.05, 0.1) is 0 Å². The molecule has 3 nitrogen and oxygen atoms in total. The Kier molecular flexibility index (Phi) is 4.10. The van der Waals surface area contributed by atoms with Crippen molar-refractivity contribution in [3.05, 3.63) is 29.1 Å². The molecule has 0 spiro atoms. The summed E-state index contributed by atoms with van der Waals surface area (Å²) in [7, 11) is 0. The Morgan fingerprint density at radius 2 is 1.94 bits per heavy atom. The molecular weight excluding hydrogens is 219 g/mol. The monoisotopic (exact) mass is 238 g/mol. The summed E-state index contributed by atoms with van der Waals surface area (Å²) in [5.74, 6) is -0.626. The van der Waals surface area contributed by atoms with Gasteiger partial charge in [0, 0.05) is 22.9 Å². The smallest absolute Gasteiger partial charge is 0.248 e. The third kappa shape index (κ3) is 3.19. The minimum absolute atomic E-state index is 0.187. The molecule has 0 bridgehead atoms. The van der Waals surface area contributed by atoms with Crippen LogP contribution in [0.5, 0.6) is 0 Å². The molecule has 0 fully saturated rings. The SMILES string of the molecule is Cc1c(F)cc(C(N)=O)cc1NC(C)C(C)C. The van der Waals surface area contributed by atoms with Gasteiger partial charge in [-0.25, -0.2) is 4.39 Å². The average Bonchev–Trinajstić information content (AvgIpc) is 2.23. The lowest BCUT2D eigenvalue weighted by atomic mass is 10.0. The van der Waals surface area contributed by atoms with Crippen LogP contribution in [0.2, 0.25) is 0 Å². The maximum atomic E-state index is 13.6. The molecule has 1 aromatic carbocycles. The molecule has 0 aliphatic heterocycles. The van der Waals surface area contributed by atoms with Crippen LogP contribution < -0.4 is 11.1 Å². The third-order valence-electron chi connectivity index (χ3n) is 3.01. The standard InChI is InChI=1S/C13H19FN2O/c1-7(2)9(4)16-12-6-10(13(15)17)5-11(14)8(12)3/h5-7,9,16H,1-4H3,(H2,15,17). The number of anilines is 1. The summed E-state index contributed by atoms with van der Waals surface area (Å²) >= 11 is 0. The van der Waals surface area contributed by atoms with E-state index in [2.05, 4.69) is 19.2 Å². The fourth-order valence-electron chi connectivity index (χ4n) is 1.38. The molecule has 0 aliphatic carbocycles. The van der Waals surface area contributed by atoms with Crippen molar-refractivity contribution in [3.63, 3.8) is 0 Å². The van der Waals surface area contributed by atoms with E-state index in [1.807, 2.05) is 6.92 Å². The lowest BCUT2D eigenvalue weighted by molar-refractivity contribution is 0.1000. The van der Waals surface area contributed by atoms with E-state index >= 15 is 0 Å². The third-order valence-corrected chi connectivity index (χ3v) is 3.01. The predicted octanol–water partition coefficient (Wildman–Crippen LogP) is 2.69. The number of halogens is 1. The molecule has 0 heterocycles. The molecule has 17 heavy (non-hydrogen) atoms. The van der Waals surface area contributed by atoms with Crippen molar-refractivity contribution in [2.75, 3.05) is 5.32 Å². The molecule has 1 amide bonds. The number of amides is 1. The van der Waals surface area contributed by atoms with Crippen molar-refractivity contribution < 1.29 is 9.18 Å². The number of hydrogen-bond acceptors (Lipinski definition) is 2. The summed E-state index contributed by atoms with van der Waals surface area (Å²) in [5, 5.41) is 3.20. The summed E-state index contributed by atoms with van der Waals surface area (Å²) in [6.07, 6.45) is 0. The molecular formula is C13H19FN2O. The van der Waals surface area contributed by atoms with Crippen molar-refractivity contribution in [1.29, 1.82) is 0 Å². The molecule has 1 atom stereocenters. The first-order valence-electron chi connectivity index (χ1n) is 5.69. The van der Waals surface area contributed by atoms with Crippen molar-refractivity contribution in [2.24, 2.45) is 11.7 Å². The van der Waals surface area contributed by atoms with Gasteiger partial charge in [0.1, 0.15) is 5.82 Å². The second kappa shape index (κ2) is 5.17. The molecule has 0 aliphatic rings. The second-order valence-electron chi connectivity index (χ2n) is 4.67. The van der Waals surface area contributed by atoms with Crippen LogP contribution >= 0.6 is 0 Å². The molecule has 0 saturated heterocycles. The van der Waals surface area contributed by atoms with E-state index in [0.717, 1.165) is 0 Å². The van der Waals surface area contributed by atoms with Gasteiger partial charge in [-0.05, 0) is 31.9 Å². The first-order chi connectivity index (χ1) is 7.82. The maximum Gasteiger partial charge on any atom is 0.248 e. The van der Waals surface area contributed by atoms with E-state index < -0.39 is 11.7 Å². The van der Waals surface area contributed by atoms with Crippen LogP contribution in [0.1, 0.15) is 36.7 Å². The topological polar surface area (TPSA) is 55.1 Å². The number of nitrogens with one attached hydrogen (secondary N) is 1. The Hall–Kier alpha value is -1.58. The van der Waals surface area contributed by atoms with E-state index in [4.69, 9.17) is 5.73 Å². The Labute approximate surface area is 101 Å². The zero-order valence-corrected chi connectivity index (χ0v) is 10.7. The predicted molar refractivity (Wildman–Crippen MR) is 67.6 cm³/mol. The van der Waals surface area contributed by atoms with Crippen molar-refractivity contribution >= 4 is 11.6 Å². The Morgan fingerprint density at radius 1 is 1.35 bits per heavy atom. The van der Waals surface area contributed by atoms with E-state index in [-0.39, 0.29) is 11.6 Å². The van der Waals surface area contributed by atoms with Crippen LogP contribution in [0, 0.1) is 18.7 Å². The lowest BCUT2D eigenvalue weighted by Crippen LogP contribution is -2.23. The summed E-state index contributed by atoms with van der Waals surface area (Å²) in [4.78, 5) is 11.1. The molecule has 1 aromatic rings. The Balaban J connectivity index is 3.10. The lowest BCUT2D eigenvalue weighted by Gasteiger charge is -2.21. The highest BCUT2D eigenvalue weighted by Crippen LogP contribution is 2.22. The molecule has 1 unspecified atom stereocenters. The Morgan fingerprint density at radius 3 is 2.41 bits per heavy atom. The number of nitrogens with two attached hydrogens (primary N) is 1. The molecule has 0 radical (unpaired) electrons. The molecule has 1 rings (SSSR count). The molecule has 0 aromatic heterocycles. The van der Waals surface area contributed by atoms with Gasteiger partial charge in [0.15, 0.2) is 0 Å². The first kappa shape index (κ1) is 13.5. The molecule has 4 heteroatoms. The molecule has 94 valence electrons. The van der Waals surface area contributed by atoms with Crippen molar-refractivity contribution in [2.45, 2.75) is 33.7 Å². The van der Waals surface area contributed by atoms with Gasteiger partial charge in [-0.3, -0.25) is 4.79 Å². The highest BCUT2D eigenvalue weighted by Gasteiger charge is 2.13. The van der Waals surface area contributed by atoms with Gasteiger partial charge >= 0.3 is 0 Å². The van der Waals surface area contributed by atoms with Crippen molar-refractivity contribution in [1.82, 2.24) is 0 Å². The van der Waals surface area contributed by atoms with Crippen LogP contribution in [0.3, 0.4) is 0 Å². The fourth-order valence-corrected chi connectivity index (χ4v) is 1.38. The van der Waals surface area contributed by atoms with E-state index in [1.165, 1.54) is 6.07 Å². The molecule has 0 saturated carbocycles. The van der Waals surface area contributed by atoms with E-state index in [1.54, 1.807) is 13.0 Å². The number of carbonyl (C=O) groups is 1. The van der Waals surface area contributed by atoms with Gasteiger partial charge in [-0.1, -0.05) is 13.8 Å². The highest BCUT2D eigenvalue weighted by atomic mass is 19.1. The first-order valence-corrected chi connectivity index (χ1v) is 5.69. The van der Waals surface area contributed by atoms with Gasteiger partial charge in [-0.2, -0.15) is 0 Å². The number of hydrogen-bond donors (Lipinski definition) is 2. The van der Waals surface area contributed by atoms with Crippen LogP contribution in [0.25, 0.3) is 0 Å². The highest BCUT2D eigenvalue weighted by molar-refractivity contribution is 5.94. The normalized spacial score (nSPS) is 12.6. The summed E-state index contributed by atoms with van der Waals surface area (Å²) in [5.41, 5.74) is 6.47. The van der Waals surface area contributed by atoms with Crippen LogP contribution in [-0.2, 0) is 0 Å². The Bertz CT molecular complexity index is 430. The van der Waals surface area contributed by atoms with Gasteiger partial charge in [-0.15, -0.1) is 0 Å². The van der Waals surface area contributed by atoms with Gasteiger partial charge in [0.25, 0.3) is 0 Å². The van der Waals surface area contributed by atoms with Crippen LogP contribution in [0.4, 0.5) is 10.1 Å². The summed E-state index contributed by atoms with van der Waals surface area (Å²) in [6, 6.07) is 2.96. The van der Waals surface area contributed by atoms with E-state index in [0.29, 0.717) is 17.2 Å². The maximum absolute atomic E-state index is 13.6. The fraction of sp³-hybridized carbons (Fsp3) is 0.462. The summed E-state index contributed by atoms with van der Waals surface area (Å²) < 4.78 is 13.6. The van der Waals surface area contributed by atoms with E-state index in [9.17, 15) is 9.18 Å². The van der Waals surface area contributed by atoms with Crippen molar-refractivity contribution in [3.8, 4) is 0 Å². The second-order valence-corrected chi connectivity index (χ2v) is 4.67. The summed E-state index contributed by atoms with van der Waals surface area (Å²) in [6.45, 7) is 7.83. The number of primary amides is 1. The van der Waals surface area contributed by atoms with Crippen LogP contribution in [0.15, 0.2) is 12.1 Å². The number of rotatable bonds is 4. The molecule has 3 N–H and O–H groups in total. The zero-order chi connectivity index (χ0) is 13.2. The average molecular weight is 238 g/mol. The quantitative estimate of drug-likeness (QED) is 0.847. The van der Waals surface area contributed by atoms with Gasteiger partial charge in [0.2, 0.25) is 5.91 Å². The number of carbonyl (C=O) groups excluding carboxylic acids is 1. The number of benzene rings is 1. The van der Waals surface area contributed by atoms with Gasteiger partial charge < -0.3 is 11.1 Å². The largest absolute Gasteiger partial charge is 0.382 e. The zero-order valence-electron chi connectivity index (χ0n) is 10.7.